The molecule has 0 saturated carbocycles. The van der Waals surface area contributed by atoms with Gasteiger partial charge in [0.15, 0.2) is 0 Å². The Morgan fingerprint density at radius 2 is 2.32 bits per heavy atom. The predicted octanol–water partition coefficient (Wildman–Crippen LogP) is 3.09. The van der Waals surface area contributed by atoms with Crippen LogP contribution in [0.15, 0.2) is 30.6 Å². The summed E-state index contributed by atoms with van der Waals surface area (Å²) in [5.74, 6) is 0. The second-order valence-electron chi connectivity index (χ2n) is 5.55. The van der Waals surface area contributed by atoms with Gasteiger partial charge < -0.3 is 15.0 Å². The number of halogens is 2. The number of nitrogens with one attached hydrogen (secondary N) is 1. The minimum atomic E-state index is -0.282. The van der Waals surface area contributed by atoms with Crippen LogP contribution in [0, 0.1) is 6.92 Å². The molecule has 1 fully saturated rings. The van der Waals surface area contributed by atoms with E-state index >= 15 is 0 Å². The third kappa shape index (κ3) is 3.46. The molecule has 0 spiro atoms. The molecule has 4 nitrogen and oxygen atoms in total. The molecule has 3 rings (SSSR count). The first kappa shape index (κ1) is 17.3. The lowest BCUT2D eigenvalue weighted by Gasteiger charge is -2.26. The van der Waals surface area contributed by atoms with Crippen LogP contribution in [-0.2, 0) is 6.54 Å². The third-order valence-electron chi connectivity index (χ3n) is 4.10. The Labute approximate surface area is 141 Å². The summed E-state index contributed by atoms with van der Waals surface area (Å²) in [6, 6.07) is 3.97. The molecule has 0 aliphatic carbocycles. The normalized spacial score (nSPS) is 22.1. The summed E-state index contributed by atoms with van der Waals surface area (Å²) in [6.45, 7) is 3.69. The predicted molar refractivity (Wildman–Crippen MR) is 92.9 cm³/mol. The van der Waals surface area contributed by atoms with Gasteiger partial charge >= 0.3 is 0 Å². The lowest BCUT2D eigenvalue weighted by Crippen LogP contribution is -2.43. The van der Waals surface area contributed by atoms with Gasteiger partial charge in [0.05, 0.1) is 29.5 Å². The van der Waals surface area contributed by atoms with Crippen LogP contribution in [0.4, 0.5) is 0 Å². The number of imidazole rings is 1. The van der Waals surface area contributed by atoms with Crippen molar-refractivity contribution in [2.45, 2.75) is 38.5 Å². The van der Waals surface area contributed by atoms with Gasteiger partial charge in [0.2, 0.25) is 0 Å². The Kier molecular flexibility index (Phi) is 5.87. The van der Waals surface area contributed by atoms with Crippen LogP contribution in [0.5, 0.6) is 0 Å². The van der Waals surface area contributed by atoms with Crippen molar-refractivity contribution >= 4 is 35.0 Å². The largest absolute Gasteiger partial charge is 0.391 e. The van der Waals surface area contributed by atoms with Crippen molar-refractivity contribution in [2.24, 2.45) is 0 Å². The molecule has 2 unspecified atom stereocenters. The van der Waals surface area contributed by atoms with E-state index in [2.05, 4.69) is 27.0 Å². The summed E-state index contributed by atoms with van der Waals surface area (Å²) in [4.78, 5) is 4.44. The highest BCUT2D eigenvalue weighted by molar-refractivity contribution is 6.32. The Morgan fingerprint density at radius 1 is 1.50 bits per heavy atom. The Morgan fingerprint density at radius 3 is 3.09 bits per heavy atom. The minimum Gasteiger partial charge on any atom is -0.391 e. The van der Waals surface area contributed by atoms with E-state index < -0.39 is 0 Å². The van der Waals surface area contributed by atoms with Gasteiger partial charge in [-0.3, -0.25) is 0 Å². The van der Waals surface area contributed by atoms with Gasteiger partial charge in [-0.05, 0) is 44.0 Å². The van der Waals surface area contributed by atoms with E-state index in [9.17, 15) is 5.11 Å². The summed E-state index contributed by atoms with van der Waals surface area (Å²) in [6.07, 6.45) is 7.60. The summed E-state index contributed by atoms with van der Waals surface area (Å²) < 4.78 is 2.09. The molecule has 0 radical (unpaired) electrons. The molecule has 1 aliphatic rings. The molecule has 0 bridgehead atoms. The number of aromatic nitrogens is 2. The zero-order chi connectivity index (χ0) is 14.8. The highest BCUT2D eigenvalue weighted by Crippen LogP contribution is 2.24. The number of fused-ring (bicyclic) bond motifs is 1. The number of piperidine rings is 1. The smallest absolute Gasteiger partial charge is 0.0961 e. The molecule has 2 heterocycles. The highest BCUT2D eigenvalue weighted by Gasteiger charge is 2.19. The van der Waals surface area contributed by atoms with E-state index in [1.807, 2.05) is 25.4 Å². The van der Waals surface area contributed by atoms with Crippen molar-refractivity contribution in [3.63, 3.8) is 0 Å². The molecule has 1 aliphatic heterocycles. The molecule has 0 amide bonds. The summed E-state index contributed by atoms with van der Waals surface area (Å²) in [5, 5.41) is 14.0. The average molecular weight is 342 g/mol. The number of aliphatic hydroxyl groups excluding tert-OH is 1. The molecule has 22 heavy (non-hydrogen) atoms. The van der Waals surface area contributed by atoms with Gasteiger partial charge in [-0.2, -0.15) is 0 Å². The van der Waals surface area contributed by atoms with Gasteiger partial charge in [0.1, 0.15) is 0 Å². The van der Waals surface area contributed by atoms with Crippen molar-refractivity contribution in [1.82, 2.24) is 14.9 Å². The number of rotatable bonds is 3. The van der Waals surface area contributed by atoms with Gasteiger partial charge in [-0.15, -0.1) is 12.4 Å². The number of benzene rings is 1. The molecular formula is C16H21Cl2N3O. The summed E-state index contributed by atoms with van der Waals surface area (Å²) >= 11 is 6.12. The van der Waals surface area contributed by atoms with E-state index in [0.29, 0.717) is 0 Å². The lowest BCUT2D eigenvalue weighted by molar-refractivity contribution is 0.115. The summed E-state index contributed by atoms with van der Waals surface area (Å²) in [5.41, 5.74) is 3.05. The van der Waals surface area contributed by atoms with Crippen LogP contribution in [-0.4, -0.2) is 33.3 Å². The molecule has 2 atom stereocenters. The SMILES string of the molecule is Cc1c(Cl)ccc2c1ncn2C/C=C/C1NCCCC1O.Cl. The Balaban J connectivity index is 0.00000176. The van der Waals surface area contributed by atoms with Gasteiger partial charge in [0.25, 0.3) is 0 Å². The van der Waals surface area contributed by atoms with Crippen molar-refractivity contribution in [3.8, 4) is 0 Å². The van der Waals surface area contributed by atoms with E-state index in [1.54, 1.807) is 0 Å². The zero-order valence-corrected chi connectivity index (χ0v) is 14.1. The fourth-order valence-corrected chi connectivity index (χ4v) is 2.96. The zero-order valence-electron chi connectivity index (χ0n) is 12.5. The van der Waals surface area contributed by atoms with Crippen LogP contribution in [0.25, 0.3) is 11.0 Å². The van der Waals surface area contributed by atoms with E-state index in [0.717, 1.165) is 47.6 Å². The number of aliphatic hydroxyl groups is 1. The maximum Gasteiger partial charge on any atom is 0.0961 e. The molecule has 120 valence electrons. The number of allylic oxidation sites excluding steroid dienone is 1. The van der Waals surface area contributed by atoms with Gasteiger partial charge in [-0.1, -0.05) is 23.8 Å². The molecule has 2 N–H and O–H groups in total. The van der Waals surface area contributed by atoms with E-state index in [1.165, 1.54) is 0 Å². The van der Waals surface area contributed by atoms with Crippen molar-refractivity contribution in [3.05, 3.63) is 41.2 Å². The number of nitrogens with zero attached hydrogens (tertiary/aromatic N) is 2. The summed E-state index contributed by atoms with van der Waals surface area (Å²) in [7, 11) is 0. The van der Waals surface area contributed by atoms with Crippen LogP contribution < -0.4 is 5.32 Å². The minimum absolute atomic E-state index is 0. The average Bonchev–Trinajstić information content (AvgIpc) is 2.89. The van der Waals surface area contributed by atoms with Crippen molar-refractivity contribution < 1.29 is 5.11 Å². The lowest BCUT2D eigenvalue weighted by atomic mass is 10.0. The molecule has 2 aromatic rings. The number of aryl methyl sites for hydroxylation is 1. The van der Waals surface area contributed by atoms with Crippen molar-refractivity contribution in [2.75, 3.05) is 6.54 Å². The highest BCUT2D eigenvalue weighted by atomic mass is 35.5. The molecular weight excluding hydrogens is 321 g/mol. The quantitative estimate of drug-likeness (QED) is 0.843. The standard InChI is InChI=1S/C16H20ClN3O.ClH/c1-11-12(17)6-7-14-16(11)19-10-20(14)9-3-4-13-15(21)5-2-8-18-13;/h3-4,6-7,10,13,15,18,21H,2,5,8-9H2,1H3;1H/b4-3+;. The topological polar surface area (TPSA) is 50.1 Å². The van der Waals surface area contributed by atoms with Gasteiger partial charge in [0, 0.05) is 11.6 Å². The Bertz CT molecular complexity index is 669. The fourth-order valence-electron chi connectivity index (χ4n) is 2.80. The maximum atomic E-state index is 9.92. The molecule has 1 saturated heterocycles. The second-order valence-corrected chi connectivity index (χ2v) is 5.96. The fraction of sp³-hybridized carbons (Fsp3) is 0.438. The van der Waals surface area contributed by atoms with Crippen LogP contribution >= 0.6 is 24.0 Å². The molecule has 6 heteroatoms. The third-order valence-corrected chi connectivity index (χ3v) is 4.51. The molecule has 1 aromatic carbocycles. The van der Waals surface area contributed by atoms with E-state index in [-0.39, 0.29) is 24.6 Å². The first-order chi connectivity index (χ1) is 10.2. The van der Waals surface area contributed by atoms with Gasteiger partial charge in [-0.25, -0.2) is 4.98 Å². The van der Waals surface area contributed by atoms with Crippen LogP contribution in [0.1, 0.15) is 18.4 Å². The first-order valence-corrected chi connectivity index (χ1v) is 7.72. The number of hydrogen-bond acceptors (Lipinski definition) is 3. The number of hydrogen-bond donors (Lipinski definition) is 2. The monoisotopic (exact) mass is 341 g/mol. The maximum absolute atomic E-state index is 9.92. The Hall–Kier alpha value is -1.07. The van der Waals surface area contributed by atoms with Crippen LogP contribution in [0.3, 0.4) is 0 Å². The first-order valence-electron chi connectivity index (χ1n) is 7.35. The van der Waals surface area contributed by atoms with Crippen LogP contribution in [0.2, 0.25) is 5.02 Å². The molecule has 1 aromatic heterocycles. The van der Waals surface area contributed by atoms with Crippen molar-refractivity contribution in [1.29, 1.82) is 0 Å². The van der Waals surface area contributed by atoms with E-state index in [4.69, 9.17) is 11.6 Å². The second kappa shape index (κ2) is 7.47.